The van der Waals surface area contributed by atoms with E-state index in [-0.39, 0.29) is 33.0 Å². The molecule has 4 amide bonds. The lowest BCUT2D eigenvalue weighted by molar-refractivity contribution is -0.161. The number of ether oxygens (including phenoxy) is 2. The summed E-state index contributed by atoms with van der Waals surface area (Å²) in [7, 11) is 0. The Morgan fingerprint density at radius 1 is 0.587 bits per heavy atom. The number of rotatable bonds is 10. The van der Waals surface area contributed by atoms with E-state index < -0.39 is 96.5 Å². The van der Waals surface area contributed by atoms with Gasteiger partial charge < -0.3 is 19.7 Å². The van der Waals surface area contributed by atoms with Crippen LogP contribution in [0.1, 0.15) is 109 Å². The minimum absolute atomic E-state index is 0.0249. The lowest BCUT2D eigenvalue weighted by atomic mass is 9.84. The second kappa shape index (κ2) is 12.0. The van der Waals surface area contributed by atoms with Crippen LogP contribution < -0.4 is 0 Å². The van der Waals surface area contributed by atoms with E-state index >= 15 is 0 Å². The molecule has 0 unspecified atom stereocenters. The number of hydrogen-bond donors (Lipinski definition) is 2. The van der Waals surface area contributed by atoms with Crippen molar-refractivity contribution in [2.75, 3.05) is 0 Å². The first-order valence-corrected chi connectivity index (χ1v) is 14.5. The highest BCUT2D eigenvalue weighted by molar-refractivity contribution is 6.34. The third-order valence-electron chi connectivity index (χ3n) is 7.20. The molecule has 2 atom stereocenters. The largest absolute Gasteiger partial charge is 0.481 e. The van der Waals surface area contributed by atoms with Gasteiger partial charge in [-0.15, -0.1) is 0 Å². The monoisotopic (exact) mass is 638 g/mol. The van der Waals surface area contributed by atoms with E-state index in [2.05, 4.69) is 0 Å². The number of carboxylic acids is 2. The van der Waals surface area contributed by atoms with Gasteiger partial charge in [0.15, 0.2) is 0 Å². The molecule has 2 aliphatic heterocycles. The fourth-order valence-electron chi connectivity index (χ4n) is 5.44. The zero-order valence-corrected chi connectivity index (χ0v) is 26.2. The summed E-state index contributed by atoms with van der Waals surface area (Å²) in [5.74, 6) is -8.34. The van der Waals surface area contributed by atoms with E-state index in [0.29, 0.717) is 9.80 Å². The van der Waals surface area contributed by atoms with E-state index in [1.165, 1.54) is 24.3 Å². The Hall–Kier alpha value is -5.14. The molecule has 0 aromatic heterocycles. The number of amides is 4. The maximum Gasteiger partial charge on any atom is 0.329 e. The van der Waals surface area contributed by atoms with Gasteiger partial charge in [0.1, 0.15) is 23.3 Å². The molecule has 14 nitrogen and oxygen atoms in total. The van der Waals surface area contributed by atoms with Crippen molar-refractivity contribution in [3.05, 3.63) is 46.5 Å². The summed E-state index contributed by atoms with van der Waals surface area (Å²) in [6.07, 6.45) is -1.96. The van der Waals surface area contributed by atoms with Crippen LogP contribution in [-0.2, 0) is 28.7 Å². The first kappa shape index (κ1) is 33.7. The van der Waals surface area contributed by atoms with Crippen molar-refractivity contribution in [2.45, 2.75) is 90.5 Å². The average molecular weight is 639 g/mol. The van der Waals surface area contributed by atoms with Crippen LogP contribution in [0.25, 0.3) is 10.8 Å². The Morgan fingerprint density at radius 2 is 0.848 bits per heavy atom. The maximum atomic E-state index is 13.9. The summed E-state index contributed by atoms with van der Waals surface area (Å²) >= 11 is 0. The minimum atomic E-state index is -1.59. The van der Waals surface area contributed by atoms with Gasteiger partial charge in [0.2, 0.25) is 0 Å². The van der Waals surface area contributed by atoms with E-state index in [1.807, 2.05) is 0 Å². The molecule has 2 aliphatic rings. The lowest BCUT2D eigenvalue weighted by Crippen LogP contribution is -2.53. The van der Waals surface area contributed by atoms with Crippen molar-refractivity contribution < 1.29 is 58.0 Å². The summed E-state index contributed by atoms with van der Waals surface area (Å²) in [6.45, 7) is 9.43. The molecule has 0 bridgehead atoms. The summed E-state index contributed by atoms with van der Waals surface area (Å²) < 4.78 is 10.8. The van der Waals surface area contributed by atoms with Crippen LogP contribution in [-0.4, -0.2) is 90.8 Å². The molecule has 2 aromatic carbocycles. The van der Waals surface area contributed by atoms with Crippen LogP contribution in [0.4, 0.5) is 0 Å². The van der Waals surface area contributed by atoms with Crippen molar-refractivity contribution >= 4 is 58.3 Å². The highest BCUT2D eigenvalue weighted by Crippen LogP contribution is 2.39. The molecule has 46 heavy (non-hydrogen) atoms. The van der Waals surface area contributed by atoms with Crippen LogP contribution in [0.3, 0.4) is 0 Å². The van der Waals surface area contributed by atoms with Gasteiger partial charge in [0, 0.05) is 45.9 Å². The Kier molecular flexibility index (Phi) is 8.79. The summed E-state index contributed by atoms with van der Waals surface area (Å²) in [4.78, 5) is 106. The quantitative estimate of drug-likeness (QED) is 0.285. The van der Waals surface area contributed by atoms with Gasteiger partial charge in [0.05, 0.1) is 0 Å². The van der Waals surface area contributed by atoms with Gasteiger partial charge in [-0.25, -0.2) is 9.59 Å². The third-order valence-corrected chi connectivity index (χ3v) is 7.20. The number of imide groups is 2. The number of aliphatic carboxylic acids is 2. The van der Waals surface area contributed by atoms with Gasteiger partial charge in [-0.1, -0.05) is 0 Å². The van der Waals surface area contributed by atoms with E-state index in [4.69, 9.17) is 9.47 Å². The van der Waals surface area contributed by atoms with Crippen molar-refractivity contribution in [1.29, 1.82) is 0 Å². The number of carbonyl (C=O) groups excluding carboxylic acids is 6. The Bertz CT molecular complexity index is 1520. The Balaban J connectivity index is 1.83. The zero-order valence-electron chi connectivity index (χ0n) is 26.2. The molecule has 244 valence electrons. The Morgan fingerprint density at radius 3 is 1.07 bits per heavy atom. The first-order valence-electron chi connectivity index (χ1n) is 14.5. The minimum Gasteiger partial charge on any atom is -0.481 e. The highest BCUT2D eigenvalue weighted by atomic mass is 16.6. The summed E-state index contributed by atoms with van der Waals surface area (Å²) in [6, 6.07) is 1.77. The van der Waals surface area contributed by atoms with E-state index in [9.17, 15) is 48.6 Å². The molecular weight excluding hydrogens is 604 g/mol. The molecule has 0 fully saturated rings. The van der Waals surface area contributed by atoms with Crippen molar-refractivity contribution in [3.8, 4) is 0 Å². The Labute approximate surface area is 263 Å². The molecule has 0 radical (unpaired) electrons. The normalized spacial score (nSPS) is 16.0. The van der Waals surface area contributed by atoms with Crippen LogP contribution in [0, 0.1) is 0 Å². The van der Waals surface area contributed by atoms with Crippen LogP contribution in [0.5, 0.6) is 0 Å². The first-order chi connectivity index (χ1) is 21.2. The molecule has 4 rings (SSSR count). The molecule has 0 spiro atoms. The average Bonchev–Trinajstić information content (AvgIpc) is 2.91. The van der Waals surface area contributed by atoms with Crippen molar-refractivity contribution in [2.24, 2.45) is 0 Å². The van der Waals surface area contributed by atoms with Gasteiger partial charge in [-0.3, -0.25) is 38.6 Å². The fourth-order valence-corrected chi connectivity index (χ4v) is 5.44. The number of carboxylic acid groups (broad SMARTS) is 2. The van der Waals surface area contributed by atoms with Crippen molar-refractivity contribution in [1.82, 2.24) is 9.80 Å². The predicted octanol–water partition coefficient (Wildman–Crippen LogP) is 3.18. The molecule has 0 aliphatic carbocycles. The summed E-state index contributed by atoms with van der Waals surface area (Å²) in [5.41, 5.74) is -2.53. The lowest BCUT2D eigenvalue weighted by Gasteiger charge is -2.37. The van der Waals surface area contributed by atoms with Crippen LogP contribution in [0.2, 0.25) is 0 Å². The number of hydrogen-bond acceptors (Lipinski definition) is 10. The zero-order chi connectivity index (χ0) is 34.5. The second-order valence-corrected chi connectivity index (χ2v) is 13.0. The summed E-state index contributed by atoms with van der Waals surface area (Å²) in [5, 5.41) is 18.5. The van der Waals surface area contributed by atoms with Gasteiger partial charge in [-0.05, 0) is 78.6 Å². The SMILES string of the molecule is CC(C)(C)OC(=O)[C@H](CCC(=O)O)N1C(=O)c2ccc3c4c(ccc(c24)C1=O)C(=O)N([C@@H](CCC(=O)O)C(=O)OC(C)(C)C)C3=O. The van der Waals surface area contributed by atoms with E-state index in [1.54, 1.807) is 41.5 Å². The smallest absolute Gasteiger partial charge is 0.329 e. The molecule has 14 heteroatoms. The molecule has 0 saturated carbocycles. The number of esters is 2. The predicted molar refractivity (Wildman–Crippen MR) is 158 cm³/mol. The van der Waals surface area contributed by atoms with Crippen LogP contribution in [0.15, 0.2) is 24.3 Å². The van der Waals surface area contributed by atoms with Gasteiger partial charge in [0.25, 0.3) is 23.6 Å². The topological polar surface area (TPSA) is 202 Å². The molecular formula is C32H34N2O12. The highest BCUT2D eigenvalue weighted by Gasteiger charge is 2.47. The molecule has 2 heterocycles. The van der Waals surface area contributed by atoms with Gasteiger partial charge >= 0.3 is 23.9 Å². The molecule has 2 aromatic rings. The second-order valence-electron chi connectivity index (χ2n) is 13.0. The standard InChI is InChI=1S/C32H34N2O12/c1-31(2,3)45-29(43)19(11-13-21(35)36)33-25(39)15-7-9-17-24-18(10-8-16(23(15)24)26(33)40)28(42)34(27(17)41)20(12-14-22(37)38)30(44)46-32(4,5)6/h7-10,19-20H,11-14H2,1-6H3,(H,35,36)(H,37,38)/t19-,20-/m0/s1. The third kappa shape index (κ3) is 6.46. The van der Waals surface area contributed by atoms with Crippen LogP contribution >= 0.6 is 0 Å². The number of benzene rings is 2. The molecule has 0 saturated heterocycles. The van der Waals surface area contributed by atoms with Gasteiger partial charge in [-0.2, -0.15) is 0 Å². The number of carbonyl (C=O) groups is 8. The molecule has 2 N–H and O–H groups in total. The van der Waals surface area contributed by atoms with Crippen molar-refractivity contribution in [3.63, 3.8) is 0 Å². The number of nitrogens with zero attached hydrogens (tertiary/aromatic N) is 2. The van der Waals surface area contributed by atoms with E-state index in [0.717, 1.165) is 0 Å². The fraction of sp³-hybridized carbons (Fsp3) is 0.438. The maximum absolute atomic E-state index is 13.9.